The number of hydrogen-bond acceptors (Lipinski definition) is 0. The number of hydrogen-bond donors (Lipinski definition) is 0. The second-order valence-corrected chi connectivity index (χ2v) is 2.29. The van der Waals surface area contributed by atoms with Gasteiger partial charge in [0, 0.05) is 0 Å². The molecule has 0 atom stereocenters. The van der Waals surface area contributed by atoms with Crippen molar-refractivity contribution < 1.29 is 26.3 Å². The van der Waals surface area contributed by atoms with Crippen LogP contribution in [0.5, 0.6) is 0 Å². The molecule has 0 aliphatic carbocycles. The van der Waals surface area contributed by atoms with E-state index in [1.165, 1.54) is 0 Å². The van der Waals surface area contributed by atoms with Gasteiger partial charge in [-0.1, -0.05) is 0 Å². The smallest absolute Gasteiger partial charge is 0.166 e. The Morgan fingerprint density at radius 1 is 0.583 bits per heavy atom. The third kappa shape index (κ3) is 22.4. The lowest BCUT2D eigenvalue weighted by Gasteiger charge is -2.06. The van der Waals surface area contributed by atoms with E-state index in [2.05, 4.69) is 0 Å². The zero-order valence-electron chi connectivity index (χ0n) is 4.94. The van der Waals surface area contributed by atoms with Crippen LogP contribution in [0.25, 0.3) is 0 Å². The van der Waals surface area contributed by atoms with Gasteiger partial charge in [-0.25, -0.2) is 0 Å². The quantitative estimate of drug-likeness (QED) is 0.459. The van der Waals surface area contributed by atoms with Crippen LogP contribution in [0.15, 0.2) is 0 Å². The molecule has 0 aromatic carbocycles. The lowest BCUT2D eigenvalue weighted by molar-refractivity contribution is -0.0775. The highest BCUT2D eigenvalue weighted by Gasteiger charge is 2.45. The van der Waals surface area contributed by atoms with E-state index in [0.717, 1.165) is 0 Å². The van der Waals surface area contributed by atoms with E-state index < -0.39 is 20.4 Å². The van der Waals surface area contributed by atoms with Gasteiger partial charge in [-0.15, -0.1) is 37.2 Å². The largest absolute Gasteiger partial charge is 0.418 e. The average molecular weight is 278 g/mol. The molecule has 1 radical (unpaired) electrons. The Bertz CT molecular complexity index is 85.9. The van der Waals surface area contributed by atoms with Crippen LogP contribution in [-0.2, 0) is 0 Å². The Kier molecular flexibility index (Phi) is 14.0. The summed E-state index contributed by atoms with van der Waals surface area (Å²) in [6.45, 7) is 0. The highest BCUT2D eigenvalue weighted by molar-refractivity contribution is 7.40. The summed E-state index contributed by atoms with van der Waals surface area (Å²) in [5.41, 5.74) is 0. The molecule has 0 saturated heterocycles. The van der Waals surface area contributed by atoms with E-state index in [4.69, 9.17) is 0 Å². The van der Waals surface area contributed by atoms with Gasteiger partial charge in [0.1, 0.15) is 0 Å². The van der Waals surface area contributed by atoms with Crippen LogP contribution in [0.2, 0.25) is 0 Å². The van der Waals surface area contributed by atoms with E-state index in [1.807, 2.05) is 0 Å². The Morgan fingerprint density at radius 3 is 0.750 bits per heavy atom. The first-order chi connectivity index (χ1) is 3.71. The van der Waals surface area contributed by atoms with Crippen molar-refractivity contribution in [3.8, 4) is 0 Å². The Balaban J connectivity index is -0.000000107. The summed E-state index contributed by atoms with van der Waals surface area (Å²) in [7, 11) is -2.47. The molecule has 10 heteroatoms. The van der Waals surface area contributed by atoms with Crippen molar-refractivity contribution in [1.82, 2.24) is 0 Å². The third-order valence-corrected chi connectivity index (χ3v) is 0.761. The topological polar surface area (TPSA) is 0 Å². The molecular weight excluding hydrogens is 275 g/mol. The maximum absolute atomic E-state index is 10.8. The highest BCUT2D eigenvalue weighted by atomic mass is 35.5. The fourth-order valence-electron chi connectivity index (χ4n) is 0.144. The first-order valence-corrected chi connectivity index (χ1v) is 2.48. The van der Waals surface area contributed by atoms with Gasteiger partial charge in [0.2, 0.25) is 0 Å². The van der Waals surface area contributed by atoms with Gasteiger partial charge in [-0.05, 0) is 0 Å². The minimum absolute atomic E-state index is 0. The summed E-state index contributed by atoms with van der Waals surface area (Å²) in [5, 5.41) is 0. The minimum Gasteiger partial charge on any atom is -0.166 e. The molecule has 0 bridgehead atoms. The average Bonchev–Trinajstić information content (AvgIpc) is 1.14. The van der Waals surface area contributed by atoms with Crippen molar-refractivity contribution in [3.63, 3.8) is 0 Å². The van der Waals surface area contributed by atoms with Gasteiger partial charge in [0.05, 0.1) is 0 Å². The van der Waals surface area contributed by atoms with E-state index in [-0.39, 0.29) is 37.2 Å². The summed E-state index contributed by atoms with van der Waals surface area (Å²) in [6, 6.07) is 0. The lowest BCUT2D eigenvalue weighted by Crippen LogP contribution is -2.08. The van der Waals surface area contributed by atoms with Crippen molar-refractivity contribution in [1.29, 1.82) is 0 Å². The predicted molar refractivity (Wildman–Crippen MR) is 40.8 cm³/mol. The second kappa shape index (κ2) is 7.30. The first-order valence-electron chi connectivity index (χ1n) is 1.58. The summed E-state index contributed by atoms with van der Waals surface area (Å²) in [5.74, 6) is -10.3. The molecule has 0 heterocycles. The Morgan fingerprint density at radius 2 is 0.750 bits per heavy atom. The van der Waals surface area contributed by atoms with Crippen LogP contribution in [0.1, 0.15) is 0 Å². The van der Waals surface area contributed by atoms with Gasteiger partial charge >= 0.3 is 11.8 Å². The molecule has 0 aliphatic rings. The molecule has 0 N–H and O–H groups in total. The lowest BCUT2D eigenvalue weighted by atomic mass is 11.5. The molecule has 0 nitrogen and oxygen atoms in total. The van der Waals surface area contributed by atoms with Crippen molar-refractivity contribution >= 4 is 45.8 Å². The standard InChI is InChI=1S/C2F6P.3ClH/c3-1(4,5)9-2(6,7)8;;;/h;3*1H. The molecule has 0 fully saturated rings. The maximum Gasteiger partial charge on any atom is 0.418 e. The van der Waals surface area contributed by atoms with Crippen LogP contribution in [0.4, 0.5) is 26.3 Å². The first kappa shape index (κ1) is 23.1. The molecule has 12 heavy (non-hydrogen) atoms. The van der Waals surface area contributed by atoms with Gasteiger partial charge < -0.3 is 0 Å². The summed E-state index contributed by atoms with van der Waals surface area (Å²) in [6.07, 6.45) is 0. The molecular formula is C2H3Cl3F6P. The molecule has 0 saturated carbocycles. The zero-order valence-corrected chi connectivity index (χ0v) is 8.28. The zero-order chi connectivity index (χ0) is 7.71. The Hall–Kier alpha value is 0.880. The van der Waals surface area contributed by atoms with Crippen LogP contribution in [-0.4, -0.2) is 11.8 Å². The minimum atomic E-state index is -5.17. The van der Waals surface area contributed by atoms with Gasteiger partial charge in [0.15, 0.2) is 8.58 Å². The second-order valence-electron chi connectivity index (χ2n) is 1.05. The number of rotatable bonds is 0. The molecule has 0 amide bonds. The predicted octanol–water partition coefficient (Wildman–Crippen LogP) is 4.24. The molecule has 0 unspecified atom stereocenters. The van der Waals surface area contributed by atoms with E-state index in [0.29, 0.717) is 0 Å². The van der Waals surface area contributed by atoms with Crippen molar-refractivity contribution in [2.45, 2.75) is 11.8 Å². The fourth-order valence-corrected chi connectivity index (χ4v) is 0.431. The normalized spacial score (nSPS) is 10.5. The molecule has 0 aromatic heterocycles. The third-order valence-electron chi connectivity index (χ3n) is 0.254. The van der Waals surface area contributed by atoms with E-state index >= 15 is 0 Å². The fraction of sp³-hybridized carbons (Fsp3) is 1.00. The van der Waals surface area contributed by atoms with Crippen LogP contribution in [0, 0.1) is 0 Å². The van der Waals surface area contributed by atoms with Crippen LogP contribution in [0.3, 0.4) is 0 Å². The SMILES string of the molecule is Cl.Cl.Cl.FC(F)(F)[P]C(F)(F)F. The molecule has 0 rings (SSSR count). The van der Waals surface area contributed by atoms with Gasteiger partial charge in [-0.3, -0.25) is 0 Å². The van der Waals surface area contributed by atoms with E-state index in [1.54, 1.807) is 0 Å². The molecule has 0 spiro atoms. The summed E-state index contributed by atoms with van der Waals surface area (Å²) in [4.78, 5) is 0. The maximum atomic E-state index is 10.8. The monoisotopic (exact) mass is 277 g/mol. The summed E-state index contributed by atoms with van der Waals surface area (Å²) >= 11 is 0. The highest BCUT2D eigenvalue weighted by Crippen LogP contribution is 2.49. The number of alkyl halides is 6. The Labute approximate surface area is 84.5 Å². The number of halogens is 9. The van der Waals surface area contributed by atoms with Crippen LogP contribution >= 0.6 is 45.8 Å². The molecule has 79 valence electrons. The van der Waals surface area contributed by atoms with E-state index in [9.17, 15) is 26.3 Å². The molecule has 0 aromatic rings. The molecule has 0 aliphatic heterocycles. The van der Waals surface area contributed by atoms with Crippen molar-refractivity contribution in [3.05, 3.63) is 0 Å². The summed E-state index contributed by atoms with van der Waals surface area (Å²) < 4.78 is 64.9. The van der Waals surface area contributed by atoms with Crippen molar-refractivity contribution in [2.75, 3.05) is 0 Å². The van der Waals surface area contributed by atoms with Crippen molar-refractivity contribution in [2.24, 2.45) is 0 Å². The van der Waals surface area contributed by atoms with Gasteiger partial charge in [-0.2, -0.15) is 26.3 Å². The van der Waals surface area contributed by atoms with Crippen LogP contribution < -0.4 is 0 Å². The van der Waals surface area contributed by atoms with Gasteiger partial charge in [0.25, 0.3) is 0 Å².